The fraction of sp³-hybridized carbons (Fsp3) is 1.00. The maximum absolute atomic E-state index is 9.12. The molecule has 0 fully saturated rings. The maximum Gasteiger partial charge on any atom is 0.0512 e. The minimum atomic E-state index is -0.131. The van der Waals surface area contributed by atoms with Gasteiger partial charge in [0.05, 0.1) is 6.10 Å². The second-order valence-electron chi connectivity index (χ2n) is 4.23. The summed E-state index contributed by atoms with van der Waals surface area (Å²) in [7, 11) is 0. The van der Waals surface area contributed by atoms with E-state index in [1.54, 1.807) is 0 Å². The van der Waals surface area contributed by atoms with Crippen LogP contribution in [0.15, 0.2) is 0 Å². The van der Waals surface area contributed by atoms with Gasteiger partial charge in [-0.15, -0.1) is 0 Å². The zero-order valence-corrected chi connectivity index (χ0v) is 10.3. The number of nitrogens with zero attached hydrogens (tertiary/aromatic N) is 1. The molecule has 0 aliphatic carbocycles. The molecule has 0 saturated carbocycles. The van der Waals surface area contributed by atoms with Gasteiger partial charge in [-0.2, -0.15) is 0 Å². The van der Waals surface area contributed by atoms with Gasteiger partial charge >= 0.3 is 0 Å². The predicted molar refractivity (Wildman–Crippen MR) is 62.5 cm³/mol. The van der Waals surface area contributed by atoms with Crippen LogP contribution in [0.3, 0.4) is 0 Å². The Bertz CT molecular complexity index is 125. The minimum absolute atomic E-state index is 0.131. The average molecular weight is 201 g/mol. The lowest BCUT2D eigenvalue weighted by atomic mass is 10.1. The van der Waals surface area contributed by atoms with Crippen molar-refractivity contribution in [3.05, 3.63) is 0 Å². The molecule has 0 spiro atoms. The molecule has 0 bridgehead atoms. The SMILES string of the molecule is CCC(C)N(CC)CCCCC(C)O. The van der Waals surface area contributed by atoms with Crippen LogP contribution in [0, 0.1) is 0 Å². The summed E-state index contributed by atoms with van der Waals surface area (Å²) in [5.74, 6) is 0. The van der Waals surface area contributed by atoms with E-state index in [9.17, 15) is 0 Å². The Morgan fingerprint density at radius 3 is 2.21 bits per heavy atom. The highest BCUT2D eigenvalue weighted by Gasteiger charge is 2.08. The lowest BCUT2D eigenvalue weighted by Gasteiger charge is -2.26. The molecule has 1 N–H and O–H groups in total. The molecule has 0 aromatic heterocycles. The number of hydrogen-bond donors (Lipinski definition) is 1. The molecular formula is C12H27NO. The average Bonchev–Trinajstić information content (AvgIpc) is 2.16. The van der Waals surface area contributed by atoms with Crippen molar-refractivity contribution in [1.29, 1.82) is 0 Å². The van der Waals surface area contributed by atoms with E-state index < -0.39 is 0 Å². The summed E-state index contributed by atoms with van der Waals surface area (Å²) in [4.78, 5) is 2.52. The van der Waals surface area contributed by atoms with Gasteiger partial charge in [-0.05, 0) is 52.6 Å². The van der Waals surface area contributed by atoms with Crippen LogP contribution < -0.4 is 0 Å². The Morgan fingerprint density at radius 1 is 1.14 bits per heavy atom. The molecule has 0 aromatic rings. The molecule has 0 saturated heterocycles. The van der Waals surface area contributed by atoms with Crippen molar-refractivity contribution in [2.24, 2.45) is 0 Å². The largest absolute Gasteiger partial charge is 0.393 e. The van der Waals surface area contributed by atoms with Gasteiger partial charge in [-0.25, -0.2) is 0 Å². The summed E-state index contributed by atoms with van der Waals surface area (Å²) in [5.41, 5.74) is 0. The monoisotopic (exact) mass is 201 g/mol. The van der Waals surface area contributed by atoms with Crippen molar-refractivity contribution in [3.63, 3.8) is 0 Å². The third-order valence-corrected chi connectivity index (χ3v) is 2.94. The molecule has 14 heavy (non-hydrogen) atoms. The number of rotatable bonds is 8. The molecule has 0 rings (SSSR count). The van der Waals surface area contributed by atoms with Crippen molar-refractivity contribution in [2.75, 3.05) is 13.1 Å². The Balaban J connectivity index is 3.52. The Hall–Kier alpha value is -0.0800. The van der Waals surface area contributed by atoms with Gasteiger partial charge in [0.2, 0.25) is 0 Å². The smallest absolute Gasteiger partial charge is 0.0512 e. The minimum Gasteiger partial charge on any atom is -0.393 e. The molecule has 2 nitrogen and oxygen atoms in total. The topological polar surface area (TPSA) is 23.5 Å². The molecule has 0 radical (unpaired) electrons. The molecule has 86 valence electrons. The fourth-order valence-electron chi connectivity index (χ4n) is 1.70. The maximum atomic E-state index is 9.12. The highest BCUT2D eigenvalue weighted by Crippen LogP contribution is 2.07. The van der Waals surface area contributed by atoms with Crippen LogP contribution in [-0.2, 0) is 0 Å². The first-order chi connectivity index (χ1) is 6.61. The lowest BCUT2D eigenvalue weighted by molar-refractivity contribution is 0.171. The van der Waals surface area contributed by atoms with E-state index in [0.29, 0.717) is 6.04 Å². The van der Waals surface area contributed by atoms with Crippen LogP contribution in [0.2, 0.25) is 0 Å². The Kier molecular flexibility index (Phi) is 8.20. The molecule has 0 aliphatic heterocycles. The van der Waals surface area contributed by atoms with Crippen LogP contribution in [0.5, 0.6) is 0 Å². The second-order valence-corrected chi connectivity index (χ2v) is 4.23. The van der Waals surface area contributed by atoms with Crippen LogP contribution in [0.1, 0.15) is 53.4 Å². The van der Waals surface area contributed by atoms with E-state index in [0.717, 1.165) is 19.4 Å². The summed E-state index contributed by atoms with van der Waals surface area (Å²) < 4.78 is 0. The summed E-state index contributed by atoms with van der Waals surface area (Å²) >= 11 is 0. The Labute approximate surface area is 89.3 Å². The lowest BCUT2D eigenvalue weighted by Crippen LogP contribution is -2.33. The highest BCUT2D eigenvalue weighted by atomic mass is 16.3. The molecule has 2 unspecified atom stereocenters. The fourth-order valence-corrected chi connectivity index (χ4v) is 1.70. The number of aliphatic hydroxyl groups excluding tert-OH is 1. The zero-order valence-electron chi connectivity index (χ0n) is 10.3. The first-order valence-corrected chi connectivity index (χ1v) is 6.03. The van der Waals surface area contributed by atoms with Crippen molar-refractivity contribution in [1.82, 2.24) is 4.90 Å². The van der Waals surface area contributed by atoms with Crippen molar-refractivity contribution in [3.8, 4) is 0 Å². The normalized spacial score (nSPS) is 15.9. The van der Waals surface area contributed by atoms with Gasteiger partial charge in [-0.1, -0.05) is 13.8 Å². The summed E-state index contributed by atoms with van der Waals surface area (Å²) in [6.45, 7) is 10.9. The van der Waals surface area contributed by atoms with E-state index in [2.05, 4.69) is 25.7 Å². The predicted octanol–water partition coefficient (Wildman–Crippen LogP) is 2.66. The van der Waals surface area contributed by atoms with Gasteiger partial charge in [0.1, 0.15) is 0 Å². The van der Waals surface area contributed by atoms with Gasteiger partial charge in [0.15, 0.2) is 0 Å². The van der Waals surface area contributed by atoms with Crippen LogP contribution >= 0.6 is 0 Å². The van der Waals surface area contributed by atoms with E-state index in [4.69, 9.17) is 5.11 Å². The van der Waals surface area contributed by atoms with Crippen molar-refractivity contribution >= 4 is 0 Å². The molecular weight excluding hydrogens is 174 g/mol. The quantitative estimate of drug-likeness (QED) is 0.610. The van der Waals surface area contributed by atoms with Crippen molar-refractivity contribution < 1.29 is 5.11 Å². The third kappa shape index (κ3) is 6.39. The zero-order chi connectivity index (χ0) is 11.0. The van der Waals surface area contributed by atoms with Gasteiger partial charge in [0, 0.05) is 6.04 Å². The van der Waals surface area contributed by atoms with Gasteiger partial charge < -0.3 is 10.0 Å². The van der Waals surface area contributed by atoms with Crippen LogP contribution in [0.4, 0.5) is 0 Å². The molecule has 2 heteroatoms. The van der Waals surface area contributed by atoms with Gasteiger partial charge in [0.25, 0.3) is 0 Å². The summed E-state index contributed by atoms with van der Waals surface area (Å²) in [5, 5.41) is 9.12. The second kappa shape index (κ2) is 8.25. The first-order valence-electron chi connectivity index (χ1n) is 6.03. The van der Waals surface area contributed by atoms with Crippen molar-refractivity contribution in [2.45, 2.75) is 65.5 Å². The molecule has 0 aliphatic rings. The number of hydrogen-bond acceptors (Lipinski definition) is 2. The number of aliphatic hydroxyl groups is 1. The summed E-state index contributed by atoms with van der Waals surface area (Å²) in [6, 6.07) is 0.701. The van der Waals surface area contributed by atoms with E-state index in [-0.39, 0.29) is 6.10 Å². The van der Waals surface area contributed by atoms with E-state index in [1.807, 2.05) is 6.92 Å². The first kappa shape index (κ1) is 13.9. The van der Waals surface area contributed by atoms with Crippen LogP contribution in [-0.4, -0.2) is 35.2 Å². The molecule has 0 heterocycles. The van der Waals surface area contributed by atoms with Crippen LogP contribution in [0.25, 0.3) is 0 Å². The standard InChI is InChI=1S/C12H27NO/c1-5-11(3)13(6-2)10-8-7-9-12(4)14/h11-12,14H,5-10H2,1-4H3. The Morgan fingerprint density at radius 2 is 1.79 bits per heavy atom. The molecule has 0 aromatic carbocycles. The van der Waals surface area contributed by atoms with E-state index >= 15 is 0 Å². The molecule has 0 amide bonds. The van der Waals surface area contributed by atoms with Gasteiger partial charge in [-0.3, -0.25) is 0 Å². The van der Waals surface area contributed by atoms with E-state index in [1.165, 1.54) is 19.4 Å². The third-order valence-electron chi connectivity index (χ3n) is 2.94. The molecule has 2 atom stereocenters. The summed E-state index contributed by atoms with van der Waals surface area (Å²) in [6.07, 6.45) is 4.39. The highest BCUT2D eigenvalue weighted by molar-refractivity contribution is 4.64. The number of unbranched alkanes of at least 4 members (excludes halogenated alkanes) is 1.